The highest BCUT2D eigenvalue weighted by molar-refractivity contribution is 7.89. The smallest absolute Gasteiger partial charge is 0.214 e. The molecule has 0 aliphatic heterocycles. The first kappa shape index (κ1) is 20.0. The molecule has 0 radical (unpaired) electrons. The lowest BCUT2D eigenvalue weighted by Gasteiger charge is -2.42. The summed E-state index contributed by atoms with van der Waals surface area (Å²) in [6, 6.07) is 2.21. The van der Waals surface area contributed by atoms with E-state index in [0.717, 1.165) is 29.7 Å². The first-order valence-corrected chi connectivity index (χ1v) is 10.9. The van der Waals surface area contributed by atoms with Crippen molar-refractivity contribution in [3.63, 3.8) is 0 Å². The number of rotatable bonds is 9. The Kier molecular flexibility index (Phi) is 6.02. The first-order valence-electron chi connectivity index (χ1n) is 9.29. The van der Waals surface area contributed by atoms with Crippen LogP contribution in [-0.4, -0.2) is 73.3 Å². The van der Waals surface area contributed by atoms with E-state index in [4.69, 9.17) is 4.74 Å². The Labute approximate surface area is 161 Å². The van der Waals surface area contributed by atoms with Crippen molar-refractivity contribution < 1.29 is 13.2 Å². The SMILES string of the molecule is COCCC(C)N(C)S(=O)(=O)C[C@H]1C[C@@H](N(C)c2ncnc3[nH]ccc23)C1. The van der Waals surface area contributed by atoms with Crippen LogP contribution in [0.2, 0.25) is 0 Å². The van der Waals surface area contributed by atoms with Crippen LogP contribution in [0.1, 0.15) is 26.2 Å². The molecule has 2 aromatic heterocycles. The fourth-order valence-electron chi connectivity index (χ4n) is 3.63. The van der Waals surface area contributed by atoms with E-state index in [9.17, 15) is 8.42 Å². The lowest BCUT2D eigenvalue weighted by atomic mass is 9.81. The molecule has 1 unspecified atom stereocenters. The number of anilines is 1. The van der Waals surface area contributed by atoms with E-state index < -0.39 is 10.0 Å². The molecule has 0 saturated heterocycles. The number of aromatic nitrogens is 3. The van der Waals surface area contributed by atoms with Gasteiger partial charge in [0.05, 0.1) is 11.1 Å². The Hall–Kier alpha value is -1.71. The fraction of sp³-hybridized carbons (Fsp3) is 0.667. The highest BCUT2D eigenvalue weighted by Crippen LogP contribution is 2.36. The molecule has 2 aromatic rings. The van der Waals surface area contributed by atoms with E-state index in [1.807, 2.05) is 26.2 Å². The van der Waals surface area contributed by atoms with E-state index in [2.05, 4.69) is 19.9 Å². The molecule has 0 aromatic carbocycles. The van der Waals surface area contributed by atoms with Crippen LogP contribution in [0.4, 0.5) is 5.82 Å². The lowest BCUT2D eigenvalue weighted by molar-refractivity contribution is 0.174. The van der Waals surface area contributed by atoms with Gasteiger partial charge < -0.3 is 14.6 Å². The molecule has 0 spiro atoms. The predicted molar refractivity (Wildman–Crippen MR) is 106 cm³/mol. The van der Waals surface area contributed by atoms with Gasteiger partial charge in [0.25, 0.3) is 0 Å². The zero-order valence-electron chi connectivity index (χ0n) is 16.4. The summed E-state index contributed by atoms with van der Waals surface area (Å²) in [5.74, 6) is 1.27. The van der Waals surface area contributed by atoms with Gasteiger partial charge in [-0.05, 0) is 38.2 Å². The summed E-state index contributed by atoms with van der Waals surface area (Å²) in [7, 11) is 2.05. The number of nitrogens with zero attached hydrogens (tertiary/aromatic N) is 4. The van der Waals surface area contributed by atoms with Crippen LogP contribution in [0, 0.1) is 5.92 Å². The molecule has 0 amide bonds. The Morgan fingerprint density at radius 3 is 2.78 bits per heavy atom. The van der Waals surface area contributed by atoms with Gasteiger partial charge in [-0.1, -0.05) is 0 Å². The van der Waals surface area contributed by atoms with E-state index in [1.165, 1.54) is 4.31 Å². The summed E-state index contributed by atoms with van der Waals surface area (Å²) in [4.78, 5) is 13.9. The second kappa shape index (κ2) is 8.12. The fourth-order valence-corrected chi connectivity index (χ4v) is 5.38. The van der Waals surface area contributed by atoms with E-state index in [-0.39, 0.29) is 17.7 Å². The minimum absolute atomic E-state index is 0.0589. The predicted octanol–water partition coefficient (Wildman–Crippen LogP) is 1.86. The maximum Gasteiger partial charge on any atom is 0.214 e. The monoisotopic (exact) mass is 395 g/mol. The third-order valence-corrected chi connectivity index (χ3v) is 7.80. The lowest BCUT2D eigenvalue weighted by Crippen LogP contribution is -2.47. The molecule has 1 saturated carbocycles. The molecule has 1 N–H and O–H groups in total. The summed E-state index contributed by atoms with van der Waals surface area (Å²) in [5, 5.41) is 0.989. The first-order chi connectivity index (χ1) is 12.8. The second-order valence-electron chi connectivity index (χ2n) is 7.46. The van der Waals surface area contributed by atoms with Crippen LogP contribution in [0.15, 0.2) is 18.6 Å². The molecule has 27 heavy (non-hydrogen) atoms. The molecule has 1 aliphatic carbocycles. The van der Waals surface area contributed by atoms with Crippen LogP contribution in [0.25, 0.3) is 11.0 Å². The number of hydrogen-bond acceptors (Lipinski definition) is 6. The summed E-state index contributed by atoms with van der Waals surface area (Å²) < 4.78 is 31.9. The van der Waals surface area contributed by atoms with E-state index in [1.54, 1.807) is 20.5 Å². The number of ether oxygens (including phenoxy) is 1. The van der Waals surface area contributed by atoms with Crippen molar-refractivity contribution in [2.45, 2.75) is 38.3 Å². The largest absolute Gasteiger partial charge is 0.385 e. The summed E-state index contributed by atoms with van der Waals surface area (Å²) in [6.45, 7) is 2.48. The minimum Gasteiger partial charge on any atom is -0.385 e. The minimum atomic E-state index is -3.26. The van der Waals surface area contributed by atoms with Gasteiger partial charge in [0.1, 0.15) is 17.8 Å². The third kappa shape index (κ3) is 4.25. The number of methoxy groups -OCH3 is 1. The van der Waals surface area contributed by atoms with Crippen molar-refractivity contribution in [1.82, 2.24) is 19.3 Å². The van der Waals surface area contributed by atoms with E-state index >= 15 is 0 Å². The van der Waals surface area contributed by atoms with Gasteiger partial charge in [-0.2, -0.15) is 0 Å². The molecular formula is C18H29N5O3S. The highest BCUT2D eigenvalue weighted by Gasteiger charge is 2.37. The van der Waals surface area contributed by atoms with Crippen molar-refractivity contribution in [2.24, 2.45) is 5.92 Å². The average Bonchev–Trinajstić information content (AvgIpc) is 3.09. The molecule has 1 fully saturated rings. The van der Waals surface area contributed by atoms with Crippen molar-refractivity contribution in [2.75, 3.05) is 38.5 Å². The Morgan fingerprint density at radius 1 is 1.33 bits per heavy atom. The summed E-state index contributed by atoms with van der Waals surface area (Å²) in [6.07, 6.45) is 5.82. The molecule has 0 bridgehead atoms. The van der Waals surface area contributed by atoms with Gasteiger partial charge in [0, 0.05) is 46.1 Å². The Bertz CT molecular complexity index is 863. The van der Waals surface area contributed by atoms with Crippen LogP contribution in [0.3, 0.4) is 0 Å². The number of nitrogens with one attached hydrogen (secondary N) is 1. The summed E-state index contributed by atoms with van der Waals surface area (Å²) >= 11 is 0. The van der Waals surface area contributed by atoms with Crippen molar-refractivity contribution in [1.29, 1.82) is 0 Å². The molecule has 3 rings (SSSR count). The molecular weight excluding hydrogens is 366 g/mol. The van der Waals surface area contributed by atoms with Crippen molar-refractivity contribution in [3.05, 3.63) is 18.6 Å². The van der Waals surface area contributed by atoms with Gasteiger partial charge in [-0.25, -0.2) is 22.7 Å². The van der Waals surface area contributed by atoms with Crippen LogP contribution in [0.5, 0.6) is 0 Å². The van der Waals surface area contributed by atoms with Gasteiger partial charge >= 0.3 is 0 Å². The number of aromatic amines is 1. The quantitative estimate of drug-likeness (QED) is 0.697. The second-order valence-corrected chi connectivity index (χ2v) is 9.54. The van der Waals surface area contributed by atoms with Gasteiger partial charge in [-0.3, -0.25) is 0 Å². The standard InChI is InChI=1S/C18H29N5O3S/c1-13(6-8-26-4)23(3)27(24,25)11-14-9-15(10-14)22(2)18-16-5-7-19-17(16)20-12-21-18/h5,7,12-15H,6,8-11H2,1-4H3,(H,19,20,21)/t13?,14-,15+. The average molecular weight is 396 g/mol. The third-order valence-electron chi connectivity index (χ3n) is 5.67. The normalized spacial score (nSPS) is 21.4. The highest BCUT2D eigenvalue weighted by atomic mass is 32.2. The maximum atomic E-state index is 12.7. The molecule has 9 heteroatoms. The van der Waals surface area contributed by atoms with Crippen molar-refractivity contribution in [3.8, 4) is 0 Å². The van der Waals surface area contributed by atoms with Gasteiger partial charge in [0.15, 0.2) is 0 Å². The summed E-state index contributed by atoms with van der Waals surface area (Å²) in [5.41, 5.74) is 0.817. The number of H-pyrrole nitrogens is 1. The number of sulfonamides is 1. The van der Waals surface area contributed by atoms with Gasteiger partial charge in [0.2, 0.25) is 10.0 Å². The molecule has 2 heterocycles. The zero-order chi connectivity index (χ0) is 19.6. The topological polar surface area (TPSA) is 91.4 Å². The molecule has 1 atom stereocenters. The van der Waals surface area contributed by atoms with Crippen LogP contribution >= 0.6 is 0 Å². The van der Waals surface area contributed by atoms with Crippen molar-refractivity contribution >= 4 is 26.9 Å². The maximum absolute atomic E-state index is 12.7. The molecule has 1 aliphatic rings. The van der Waals surface area contributed by atoms with Crippen LogP contribution in [-0.2, 0) is 14.8 Å². The zero-order valence-corrected chi connectivity index (χ0v) is 17.2. The van der Waals surface area contributed by atoms with Crippen LogP contribution < -0.4 is 4.90 Å². The Balaban J connectivity index is 1.57. The number of hydrogen-bond donors (Lipinski definition) is 1. The molecule has 150 valence electrons. The molecule has 8 nitrogen and oxygen atoms in total. The Morgan fingerprint density at radius 2 is 2.07 bits per heavy atom. The number of fused-ring (bicyclic) bond motifs is 1. The van der Waals surface area contributed by atoms with Gasteiger partial charge in [-0.15, -0.1) is 0 Å². The van der Waals surface area contributed by atoms with E-state index in [0.29, 0.717) is 19.1 Å².